The minimum atomic E-state index is -0.0500. The first kappa shape index (κ1) is 15.7. The Kier molecular flexibility index (Phi) is 5.06. The molecule has 0 unspecified atom stereocenters. The summed E-state index contributed by atoms with van der Waals surface area (Å²) in [6.45, 7) is 1.94. The van der Waals surface area contributed by atoms with Crippen molar-refractivity contribution in [2.45, 2.75) is 25.5 Å². The summed E-state index contributed by atoms with van der Waals surface area (Å²) in [7, 11) is 0. The van der Waals surface area contributed by atoms with Crippen molar-refractivity contribution in [2.75, 3.05) is 13.2 Å². The number of nitrogens with zero attached hydrogens (tertiary/aromatic N) is 2. The molecule has 1 amide bonds. The summed E-state index contributed by atoms with van der Waals surface area (Å²) in [5, 5.41) is 11.0. The van der Waals surface area contributed by atoms with E-state index in [1.165, 1.54) is 0 Å². The van der Waals surface area contributed by atoms with Crippen LogP contribution in [0.5, 0.6) is 0 Å². The van der Waals surface area contributed by atoms with E-state index >= 15 is 0 Å². The molecular formula is C18H18N2O2S. The molecule has 0 bridgehead atoms. The highest BCUT2D eigenvalue weighted by Crippen LogP contribution is 2.19. The molecule has 1 aliphatic heterocycles. The summed E-state index contributed by atoms with van der Waals surface area (Å²) in [6.07, 6.45) is 2.15. The van der Waals surface area contributed by atoms with Crippen molar-refractivity contribution in [1.82, 2.24) is 4.90 Å². The van der Waals surface area contributed by atoms with E-state index in [-0.39, 0.29) is 12.0 Å². The van der Waals surface area contributed by atoms with Crippen LogP contribution in [0.2, 0.25) is 0 Å². The fourth-order valence-corrected chi connectivity index (χ4v) is 3.47. The Morgan fingerprint density at radius 3 is 3.00 bits per heavy atom. The first-order chi connectivity index (χ1) is 11.3. The molecule has 1 aliphatic rings. The number of hydrogen-bond donors (Lipinski definition) is 0. The van der Waals surface area contributed by atoms with E-state index in [1.807, 2.05) is 22.4 Å². The second-order valence-corrected chi connectivity index (χ2v) is 6.62. The van der Waals surface area contributed by atoms with Crippen LogP contribution in [0.1, 0.15) is 33.6 Å². The third kappa shape index (κ3) is 3.98. The lowest BCUT2D eigenvalue weighted by Crippen LogP contribution is -2.36. The highest BCUT2D eigenvalue weighted by Gasteiger charge is 2.24. The molecule has 1 fully saturated rings. The maximum Gasteiger partial charge on any atom is 0.254 e. The van der Waals surface area contributed by atoms with Crippen molar-refractivity contribution in [3.63, 3.8) is 0 Å². The fraction of sp³-hybridized carbons (Fsp3) is 0.333. The lowest BCUT2D eigenvalue weighted by Gasteiger charge is -2.25. The molecule has 0 saturated carbocycles. The Bertz CT molecular complexity index is 700. The van der Waals surface area contributed by atoms with Gasteiger partial charge in [0.2, 0.25) is 0 Å². The predicted octanol–water partition coefficient (Wildman–Crippen LogP) is 3.44. The van der Waals surface area contributed by atoms with Gasteiger partial charge in [-0.25, -0.2) is 0 Å². The van der Waals surface area contributed by atoms with Gasteiger partial charge in [0.25, 0.3) is 5.91 Å². The number of rotatable bonds is 5. The average Bonchev–Trinajstić information content (AvgIpc) is 3.27. The monoisotopic (exact) mass is 326 g/mol. The molecule has 1 saturated heterocycles. The second kappa shape index (κ2) is 7.40. The van der Waals surface area contributed by atoms with Gasteiger partial charge in [0, 0.05) is 23.6 Å². The number of amides is 1. The molecule has 0 N–H and O–H groups in total. The minimum absolute atomic E-state index is 0.0500. The van der Waals surface area contributed by atoms with Crippen molar-refractivity contribution >= 4 is 17.2 Å². The summed E-state index contributed by atoms with van der Waals surface area (Å²) in [5.41, 5.74) is 1.06. The zero-order valence-electron chi connectivity index (χ0n) is 12.8. The third-order valence-corrected chi connectivity index (χ3v) is 4.76. The van der Waals surface area contributed by atoms with Gasteiger partial charge in [0.1, 0.15) is 0 Å². The molecule has 23 heavy (non-hydrogen) atoms. The Balaban J connectivity index is 1.80. The highest BCUT2D eigenvalue weighted by molar-refractivity contribution is 7.09. The Hall–Kier alpha value is -2.16. The third-order valence-electron chi connectivity index (χ3n) is 3.90. The summed E-state index contributed by atoms with van der Waals surface area (Å²) < 4.78 is 5.69. The molecule has 4 nitrogen and oxygen atoms in total. The lowest BCUT2D eigenvalue weighted by atomic mass is 10.1. The van der Waals surface area contributed by atoms with Crippen molar-refractivity contribution in [2.24, 2.45) is 0 Å². The van der Waals surface area contributed by atoms with Gasteiger partial charge < -0.3 is 9.64 Å². The zero-order valence-corrected chi connectivity index (χ0v) is 13.6. The molecule has 3 rings (SSSR count). The Morgan fingerprint density at radius 1 is 1.39 bits per heavy atom. The average molecular weight is 326 g/mol. The van der Waals surface area contributed by atoms with Gasteiger partial charge in [0.15, 0.2) is 0 Å². The smallest absolute Gasteiger partial charge is 0.254 e. The van der Waals surface area contributed by atoms with Crippen molar-refractivity contribution in [1.29, 1.82) is 5.26 Å². The number of thiophene rings is 1. The van der Waals surface area contributed by atoms with Crippen LogP contribution in [-0.4, -0.2) is 30.1 Å². The number of benzene rings is 1. The van der Waals surface area contributed by atoms with Crippen LogP contribution in [-0.2, 0) is 11.3 Å². The maximum atomic E-state index is 12.9. The van der Waals surface area contributed by atoms with Crippen molar-refractivity contribution in [3.05, 3.63) is 57.8 Å². The molecule has 0 spiro atoms. The first-order valence-corrected chi connectivity index (χ1v) is 8.57. The van der Waals surface area contributed by atoms with Gasteiger partial charge in [-0.2, -0.15) is 5.26 Å². The summed E-state index contributed by atoms with van der Waals surface area (Å²) >= 11 is 1.64. The van der Waals surface area contributed by atoms with E-state index < -0.39 is 0 Å². The van der Waals surface area contributed by atoms with Crippen LogP contribution >= 0.6 is 11.3 Å². The van der Waals surface area contributed by atoms with Gasteiger partial charge in [0.05, 0.1) is 24.3 Å². The van der Waals surface area contributed by atoms with E-state index in [1.54, 1.807) is 35.6 Å². The summed E-state index contributed by atoms with van der Waals surface area (Å²) in [6, 6.07) is 13.0. The maximum absolute atomic E-state index is 12.9. The van der Waals surface area contributed by atoms with Crippen LogP contribution in [0.4, 0.5) is 0 Å². The van der Waals surface area contributed by atoms with E-state index in [4.69, 9.17) is 10.00 Å². The fourth-order valence-electron chi connectivity index (χ4n) is 2.75. The SMILES string of the molecule is N#Cc1cccc(C(=O)N(Cc2cccs2)C[C@@H]2CCCO2)c1. The van der Waals surface area contributed by atoms with Gasteiger partial charge in [-0.05, 0) is 42.5 Å². The van der Waals surface area contributed by atoms with E-state index in [2.05, 4.69) is 6.07 Å². The van der Waals surface area contributed by atoms with Crippen LogP contribution in [0.25, 0.3) is 0 Å². The van der Waals surface area contributed by atoms with E-state index in [0.717, 1.165) is 24.3 Å². The number of carbonyl (C=O) groups excluding carboxylic acids is 1. The molecule has 0 aliphatic carbocycles. The molecule has 1 aromatic heterocycles. The Morgan fingerprint density at radius 2 is 2.30 bits per heavy atom. The molecule has 1 atom stereocenters. The van der Waals surface area contributed by atoms with Crippen LogP contribution < -0.4 is 0 Å². The van der Waals surface area contributed by atoms with E-state index in [9.17, 15) is 4.79 Å². The van der Waals surface area contributed by atoms with Gasteiger partial charge in [-0.3, -0.25) is 4.79 Å². The highest BCUT2D eigenvalue weighted by atomic mass is 32.1. The molecule has 1 aromatic carbocycles. The standard InChI is InChI=1S/C18H18N2O2S/c19-11-14-4-1-5-15(10-14)18(21)20(12-16-6-2-8-22-16)13-17-7-3-9-23-17/h1,3-5,7,9-10,16H,2,6,8,12-13H2/t16-/m0/s1. The normalized spacial score (nSPS) is 16.9. The second-order valence-electron chi connectivity index (χ2n) is 5.59. The number of nitriles is 1. The predicted molar refractivity (Wildman–Crippen MR) is 89.2 cm³/mol. The van der Waals surface area contributed by atoms with Gasteiger partial charge in [-0.15, -0.1) is 11.3 Å². The zero-order chi connectivity index (χ0) is 16.1. The first-order valence-electron chi connectivity index (χ1n) is 7.69. The van der Waals surface area contributed by atoms with Crippen LogP contribution in [0, 0.1) is 11.3 Å². The molecular weight excluding hydrogens is 308 g/mol. The van der Waals surface area contributed by atoms with Gasteiger partial charge in [-0.1, -0.05) is 12.1 Å². The molecule has 2 heterocycles. The lowest BCUT2D eigenvalue weighted by molar-refractivity contribution is 0.0509. The topological polar surface area (TPSA) is 53.3 Å². The number of ether oxygens (including phenoxy) is 1. The Labute approximate surface area is 139 Å². The summed E-state index contributed by atoms with van der Waals surface area (Å²) in [4.78, 5) is 15.9. The molecule has 118 valence electrons. The van der Waals surface area contributed by atoms with Gasteiger partial charge >= 0.3 is 0 Å². The van der Waals surface area contributed by atoms with E-state index in [0.29, 0.717) is 24.2 Å². The largest absolute Gasteiger partial charge is 0.376 e. The van der Waals surface area contributed by atoms with Crippen LogP contribution in [0.15, 0.2) is 41.8 Å². The number of hydrogen-bond acceptors (Lipinski definition) is 4. The van der Waals surface area contributed by atoms with Crippen molar-refractivity contribution in [3.8, 4) is 6.07 Å². The van der Waals surface area contributed by atoms with Crippen LogP contribution in [0.3, 0.4) is 0 Å². The minimum Gasteiger partial charge on any atom is -0.376 e. The number of carbonyl (C=O) groups is 1. The molecule has 5 heteroatoms. The molecule has 0 radical (unpaired) electrons. The molecule has 2 aromatic rings. The summed E-state index contributed by atoms with van der Waals surface area (Å²) in [5.74, 6) is -0.0500. The quantitative estimate of drug-likeness (QED) is 0.846. The van der Waals surface area contributed by atoms with Crippen molar-refractivity contribution < 1.29 is 9.53 Å².